The van der Waals surface area contributed by atoms with Crippen molar-refractivity contribution in [2.75, 3.05) is 39.2 Å². The largest absolute Gasteiger partial charge is 0.382 e. The van der Waals surface area contributed by atoms with Gasteiger partial charge in [-0.3, -0.25) is 4.79 Å². The van der Waals surface area contributed by atoms with E-state index in [1.54, 1.807) is 18.9 Å². The van der Waals surface area contributed by atoms with Gasteiger partial charge in [0.25, 0.3) is 0 Å². The van der Waals surface area contributed by atoms with Crippen LogP contribution in [0.25, 0.3) is 0 Å². The maximum atomic E-state index is 11.7. The highest BCUT2D eigenvalue weighted by Crippen LogP contribution is 2.27. The van der Waals surface area contributed by atoms with Crippen molar-refractivity contribution in [1.29, 1.82) is 0 Å². The molecule has 118 valence electrons. The Kier molecular flexibility index (Phi) is 10.6. The molecule has 0 bridgehead atoms. The fourth-order valence-electron chi connectivity index (χ4n) is 1.55. The van der Waals surface area contributed by atoms with Crippen LogP contribution in [-0.2, 0) is 14.3 Å². The van der Waals surface area contributed by atoms with Gasteiger partial charge in [-0.15, -0.1) is 11.8 Å². The Labute approximate surface area is 139 Å². The number of benzene rings is 1. The van der Waals surface area contributed by atoms with Gasteiger partial charge in [0.2, 0.25) is 5.91 Å². The van der Waals surface area contributed by atoms with Gasteiger partial charge < -0.3 is 14.8 Å². The van der Waals surface area contributed by atoms with E-state index in [4.69, 9.17) is 9.47 Å². The summed E-state index contributed by atoms with van der Waals surface area (Å²) in [6, 6.07) is 8.03. The summed E-state index contributed by atoms with van der Waals surface area (Å²) in [6.45, 7) is 2.52. The molecule has 4 nitrogen and oxygen atoms in total. The fourth-order valence-corrected chi connectivity index (χ4v) is 3.07. The van der Waals surface area contributed by atoms with E-state index in [9.17, 15) is 4.79 Å². The van der Waals surface area contributed by atoms with Gasteiger partial charge >= 0.3 is 0 Å². The Morgan fingerprint density at radius 2 is 2.10 bits per heavy atom. The molecule has 0 saturated carbocycles. The zero-order valence-electron chi connectivity index (χ0n) is 12.3. The second kappa shape index (κ2) is 12.0. The number of rotatable bonds is 11. The van der Waals surface area contributed by atoms with Crippen LogP contribution < -0.4 is 5.32 Å². The lowest BCUT2D eigenvalue weighted by Crippen LogP contribution is -2.25. The van der Waals surface area contributed by atoms with Crippen molar-refractivity contribution in [2.24, 2.45) is 0 Å². The minimum absolute atomic E-state index is 0.0893. The van der Waals surface area contributed by atoms with Crippen LogP contribution in [0.4, 0.5) is 0 Å². The molecule has 0 fully saturated rings. The Balaban J connectivity index is 2.00. The summed E-state index contributed by atoms with van der Waals surface area (Å²) in [5.41, 5.74) is 0. The lowest BCUT2D eigenvalue weighted by molar-refractivity contribution is -0.120. The molecule has 0 atom stereocenters. The summed E-state index contributed by atoms with van der Waals surface area (Å²) in [4.78, 5) is 12.8. The molecule has 0 aliphatic heterocycles. The maximum Gasteiger partial charge on any atom is 0.220 e. The highest BCUT2D eigenvalue weighted by molar-refractivity contribution is 9.10. The molecular formula is C15H22BrNO3S. The van der Waals surface area contributed by atoms with Crippen molar-refractivity contribution < 1.29 is 14.3 Å². The number of hydrogen-bond donors (Lipinski definition) is 1. The van der Waals surface area contributed by atoms with Crippen LogP contribution in [0, 0.1) is 0 Å². The summed E-state index contributed by atoms with van der Waals surface area (Å²) < 4.78 is 11.3. The fraction of sp³-hybridized carbons (Fsp3) is 0.533. The number of amides is 1. The predicted molar refractivity (Wildman–Crippen MR) is 89.8 cm³/mol. The van der Waals surface area contributed by atoms with Crippen LogP contribution in [-0.4, -0.2) is 45.1 Å². The zero-order chi connectivity index (χ0) is 15.3. The summed E-state index contributed by atoms with van der Waals surface area (Å²) in [6.07, 6.45) is 1.35. The van der Waals surface area contributed by atoms with Crippen LogP contribution in [0.15, 0.2) is 33.6 Å². The average molecular weight is 376 g/mol. The molecule has 0 aliphatic carbocycles. The van der Waals surface area contributed by atoms with Gasteiger partial charge in [-0.25, -0.2) is 0 Å². The minimum Gasteiger partial charge on any atom is -0.382 e. The number of carbonyl (C=O) groups is 1. The van der Waals surface area contributed by atoms with Crippen molar-refractivity contribution in [2.45, 2.75) is 17.7 Å². The second-order valence-corrected chi connectivity index (χ2v) is 6.33. The third-order valence-corrected chi connectivity index (χ3v) is 4.67. The van der Waals surface area contributed by atoms with E-state index < -0.39 is 0 Å². The Morgan fingerprint density at radius 1 is 1.29 bits per heavy atom. The van der Waals surface area contributed by atoms with Gasteiger partial charge in [-0.05, 0) is 34.5 Å². The van der Waals surface area contributed by atoms with Gasteiger partial charge in [0.1, 0.15) is 0 Å². The smallest absolute Gasteiger partial charge is 0.220 e. The van der Waals surface area contributed by atoms with Crippen LogP contribution in [0.5, 0.6) is 0 Å². The van der Waals surface area contributed by atoms with Crippen molar-refractivity contribution in [1.82, 2.24) is 5.32 Å². The Morgan fingerprint density at radius 3 is 2.86 bits per heavy atom. The van der Waals surface area contributed by atoms with Gasteiger partial charge in [0, 0.05) is 41.8 Å². The van der Waals surface area contributed by atoms with Crippen molar-refractivity contribution in [3.05, 3.63) is 28.7 Å². The molecule has 1 N–H and O–H groups in total. The van der Waals surface area contributed by atoms with E-state index in [-0.39, 0.29) is 5.91 Å². The van der Waals surface area contributed by atoms with E-state index in [0.29, 0.717) is 32.8 Å². The SMILES string of the molecule is COCCOCCCNC(=O)CCSc1ccccc1Br. The highest BCUT2D eigenvalue weighted by atomic mass is 79.9. The molecular weight excluding hydrogens is 354 g/mol. The van der Waals surface area contributed by atoms with Crippen LogP contribution in [0.2, 0.25) is 0 Å². The first-order valence-corrected chi connectivity index (χ1v) is 8.72. The number of hydrogen-bond acceptors (Lipinski definition) is 4. The molecule has 1 rings (SSSR count). The second-order valence-electron chi connectivity index (χ2n) is 4.34. The summed E-state index contributed by atoms with van der Waals surface area (Å²) >= 11 is 5.18. The third kappa shape index (κ3) is 9.14. The van der Waals surface area contributed by atoms with Crippen molar-refractivity contribution >= 4 is 33.6 Å². The van der Waals surface area contributed by atoms with Crippen LogP contribution in [0.1, 0.15) is 12.8 Å². The van der Waals surface area contributed by atoms with E-state index in [2.05, 4.69) is 21.2 Å². The Hall–Kier alpha value is -0.560. The van der Waals surface area contributed by atoms with Crippen molar-refractivity contribution in [3.63, 3.8) is 0 Å². The van der Waals surface area contributed by atoms with Crippen LogP contribution >= 0.6 is 27.7 Å². The number of halogens is 1. The summed E-state index contributed by atoms with van der Waals surface area (Å²) in [5, 5.41) is 2.90. The average Bonchev–Trinajstić information content (AvgIpc) is 2.48. The molecule has 1 amide bonds. The molecule has 0 heterocycles. The number of thioether (sulfide) groups is 1. The standard InChI is InChI=1S/C15H22BrNO3S/c1-19-10-11-20-9-4-8-17-15(18)7-12-21-14-6-3-2-5-13(14)16/h2-3,5-6H,4,7-12H2,1H3,(H,17,18). The Bertz CT molecular complexity index is 418. The highest BCUT2D eigenvalue weighted by Gasteiger charge is 2.03. The zero-order valence-corrected chi connectivity index (χ0v) is 14.7. The molecule has 0 spiro atoms. The molecule has 0 aliphatic rings. The number of methoxy groups -OCH3 is 1. The van der Waals surface area contributed by atoms with Gasteiger partial charge in [0.15, 0.2) is 0 Å². The number of carbonyl (C=O) groups excluding carboxylic acids is 1. The first kappa shape index (κ1) is 18.5. The molecule has 1 aromatic carbocycles. The van der Waals surface area contributed by atoms with E-state index in [1.165, 1.54) is 0 Å². The molecule has 0 saturated heterocycles. The molecule has 0 radical (unpaired) electrons. The molecule has 0 unspecified atom stereocenters. The quantitative estimate of drug-likeness (QED) is 0.476. The number of ether oxygens (including phenoxy) is 2. The maximum absolute atomic E-state index is 11.7. The molecule has 0 aromatic heterocycles. The topological polar surface area (TPSA) is 47.6 Å². The normalized spacial score (nSPS) is 10.6. The predicted octanol–water partition coefficient (Wildman–Crippen LogP) is 3.10. The van der Waals surface area contributed by atoms with Gasteiger partial charge in [0.05, 0.1) is 13.2 Å². The number of nitrogens with one attached hydrogen (secondary N) is 1. The van der Waals surface area contributed by atoms with Crippen LogP contribution in [0.3, 0.4) is 0 Å². The van der Waals surface area contributed by atoms with E-state index >= 15 is 0 Å². The minimum atomic E-state index is 0.0893. The van der Waals surface area contributed by atoms with Crippen molar-refractivity contribution in [3.8, 4) is 0 Å². The molecule has 21 heavy (non-hydrogen) atoms. The lowest BCUT2D eigenvalue weighted by Gasteiger charge is -2.07. The lowest BCUT2D eigenvalue weighted by atomic mass is 10.4. The molecule has 1 aromatic rings. The first-order valence-electron chi connectivity index (χ1n) is 6.94. The van der Waals surface area contributed by atoms with E-state index in [0.717, 1.165) is 21.5 Å². The monoisotopic (exact) mass is 375 g/mol. The summed E-state index contributed by atoms with van der Waals surface area (Å²) in [7, 11) is 1.65. The van der Waals surface area contributed by atoms with Gasteiger partial charge in [-0.2, -0.15) is 0 Å². The molecule has 6 heteroatoms. The third-order valence-electron chi connectivity index (χ3n) is 2.64. The summed E-state index contributed by atoms with van der Waals surface area (Å²) in [5.74, 6) is 0.866. The van der Waals surface area contributed by atoms with E-state index in [1.807, 2.05) is 24.3 Å². The first-order chi connectivity index (χ1) is 10.2. The van der Waals surface area contributed by atoms with Gasteiger partial charge in [-0.1, -0.05) is 12.1 Å².